The third-order valence-corrected chi connectivity index (χ3v) is 4.50. The average molecular weight is 329 g/mol. The van der Waals surface area contributed by atoms with E-state index in [0.29, 0.717) is 5.57 Å². The van der Waals surface area contributed by atoms with E-state index in [2.05, 4.69) is 23.4 Å². The summed E-state index contributed by atoms with van der Waals surface area (Å²) in [7, 11) is 2.06. The van der Waals surface area contributed by atoms with Crippen LogP contribution in [0.3, 0.4) is 0 Å². The first-order valence-corrected chi connectivity index (χ1v) is 8.42. The van der Waals surface area contributed by atoms with Gasteiger partial charge in [0.2, 0.25) is 0 Å². The largest absolute Gasteiger partial charge is 0.309 e. The van der Waals surface area contributed by atoms with Crippen molar-refractivity contribution in [3.63, 3.8) is 0 Å². The van der Waals surface area contributed by atoms with Crippen LogP contribution in [0.2, 0.25) is 0 Å². The molecule has 1 aromatic heterocycles. The zero-order valence-corrected chi connectivity index (χ0v) is 14.4. The first-order valence-electron chi connectivity index (χ1n) is 7.54. The molecule has 0 bridgehead atoms. The molecule has 0 saturated heterocycles. The Morgan fingerprint density at radius 2 is 2.35 bits per heavy atom. The second-order valence-corrected chi connectivity index (χ2v) is 6.60. The minimum Gasteiger partial charge on any atom is -0.309 e. The van der Waals surface area contributed by atoms with Crippen molar-refractivity contribution in [1.82, 2.24) is 4.90 Å². The maximum absolute atomic E-state index is 11.2. The number of nitriles is 1. The van der Waals surface area contributed by atoms with Crippen LogP contribution >= 0.6 is 11.3 Å². The van der Waals surface area contributed by atoms with Crippen molar-refractivity contribution in [3.8, 4) is 6.07 Å². The van der Waals surface area contributed by atoms with Gasteiger partial charge in [-0.05, 0) is 43.0 Å². The topological polar surface area (TPSA) is 68.0 Å². The molecule has 122 valence electrons. The molecular weight excluding hydrogens is 306 g/mol. The quantitative estimate of drug-likeness (QED) is 0.308. The van der Waals surface area contributed by atoms with Crippen molar-refractivity contribution in [1.29, 1.82) is 10.7 Å². The SMILES string of the molecule is C[C@H](C=O)[C@H](C/C=C\C(C#N)=C/C=N)CN(C)Cc1cccs1. The molecule has 0 aliphatic heterocycles. The van der Waals surface area contributed by atoms with Gasteiger partial charge in [0.1, 0.15) is 6.29 Å². The molecule has 0 fully saturated rings. The van der Waals surface area contributed by atoms with E-state index in [1.54, 1.807) is 17.4 Å². The lowest BCUT2D eigenvalue weighted by molar-refractivity contribution is -0.112. The van der Waals surface area contributed by atoms with Crippen LogP contribution in [0.1, 0.15) is 18.2 Å². The highest BCUT2D eigenvalue weighted by atomic mass is 32.1. The van der Waals surface area contributed by atoms with Gasteiger partial charge in [-0.3, -0.25) is 0 Å². The summed E-state index contributed by atoms with van der Waals surface area (Å²) in [6.45, 7) is 3.63. The molecule has 4 nitrogen and oxygen atoms in total. The molecule has 0 saturated carbocycles. The minimum absolute atomic E-state index is 0.0392. The molecule has 0 spiro atoms. The summed E-state index contributed by atoms with van der Waals surface area (Å²) in [6.07, 6.45) is 7.92. The van der Waals surface area contributed by atoms with Gasteiger partial charge in [0.15, 0.2) is 0 Å². The molecule has 1 heterocycles. The summed E-state index contributed by atoms with van der Waals surface area (Å²) < 4.78 is 0. The summed E-state index contributed by atoms with van der Waals surface area (Å²) in [4.78, 5) is 14.7. The number of allylic oxidation sites excluding steroid dienone is 4. The van der Waals surface area contributed by atoms with E-state index < -0.39 is 0 Å². The van der Waals surface area contributed by atoms with E-state index in [1.165, 1.54) is 11.0 Å². The first-order chi connectivity index (χ1) is 11.1. The number of thiophene rings is 1. The monoisotopic (exact) mass is 329 g/mol. The summed E-state index contributed by atoms with van der Waals surface area (Å²) >= 11 is 1.73. The Labute approximate surface area is 142 Å². The molecule has 0 unspecified atom stereocenters. The van der Waals surface area contributed by atoms with Crippen LogP contribution in [0.25, 0.3) is 0 Å². The van der Waals surface area contributed by atoms with Crippen molar-refractivity contribution in [2.24, 2.45) is 11.8 Å². The first kappa shape index (κ1) is 19.0. The Kier molecular flexibility index (Phi) is 8.81. The fourth-order valence-electron chi connectivity index (χ4n) is 2.29. The lowest BCUT2D eigenvalue weighted by Crippen LogP contribution is -2.29. The number of hydrogen-bond donors (Lipinski definition) is 1. The summed E-state index contributed by atoms with van der Waals surface area (Å²) in [6, 6.07) is 6.19. The molecular formula is C18H23N3OS. The number of aldehydes is 1. The van der Waals surface area contributed by atoms with Crippen molar-refractivity contribution >= 4 is 23.8 Å². The molecule has 0 aliphatic carbocycles. The molecule has 2 atom stereocenters. The van der Waals surface area contributed by atoms with Gasteiger partial charge in [-0.2, -0.15) is 5.26 Å². The highest BCUT2D eigenvalue weighted by Crippen LogP contribution is 2.19. The third kappa shape index (κ3) is 7.18. The standard InChI is InChI=1S/C18H23N3OS/c1-15(14-22)17(6-3-5-16(11-20)8-9-19)12-21(2)13-18-7-4-10-23-18/h3-5,7-10,14-15,17,19H,6,12-13H2,1-2H3/b5-3-,16-8+,19-9?/t15-,17-/m1/s1. The predicted molar refractivity (Wildman–Crippen MR) is 95.6 cm³/mol. The van der Waals surface area contributed by atoms with Crippen LogP contribution in [-0.4, -0.2) is 31.0 Å². The minimum atomic E-state index is -0.0392. The van der Waals surface area contributed by atoms with Gasteiger partial charge < -0.3 is 15.1 Å². The van der Waals surface area contributed by atoms with Gasteiger partial charge >= 0.3 is 0 Å². The van der Waals surface area contributed by atoms with Gasteiger partial charge in [-0.25, -0.2) is 0 Å². The fraction of sp³-hybridized carbons (Fsp3) is 0.389. The number of hydrogen-bond acceptors (Lipinski definition) is 5. The highest BCUT2D eigenvalue weighted by Gasteiger charge is 2.17. The van der Waals surface area contributed by atoms with E-state index in [0.717, 1.165) is 32.0 Å². The van der Waals surface area contributed by atoms with E-state index in [4.69, 9.17) is 10.7 Å². The number of rotatable bonds is 10. The Balaban J connectivity index is 2.63. The Hall–Kier alpha value is -2.03. The summed E-state index contributed by atoms with van der Waals surface area (Å²) in [5.74, 6) is 0.163. The third-order valence-electron chi connectivity index (χ3n) is 3.64. The second-order valence-electron chi connectivity index (χ2n) is 5.57. The number of nitrogens with zero attached hydrogens (tertiary/aromatic N) is 2. The van der Waals surface area contributed by atoms with Gasteiger partial charge in [0, 0.05) is 30.1 Å². The van der Waals surface area contributed by atoms with Gasteiger partial charge in [0.05, 0.1) is 11.6 Å². The van der Waals surface area contributed by atoms with Crippen molar-refractivity contribution in [2.75, 3.05) is 13.6 Å². The average Bonchev–Trinajstić information content (AvgIpc) is 3.04. The molecule has 0 amide bonds. The van der Waals surface area contributed by atoms with Crippen LogP contribution in [0.15, 0.2) is 41.3 Å². The van der Waals surface area contributed by atoms with Crippen molar-refractivity contribution in [3.05, 3.63) is 46.2 Å². The zero-order chi connectivity index (χ0) is 17.1. The predicted octanol–water partition coefficient (Wildman–Crippen LogP) is 3.68. The molecule has 0 aromatic carbocycles. The van der Waals surface area contributed by atoms with Gasteiger partial charge in [-0.1, -0.05) is 19.1 Å². The van der Waals surface area contributed by atoms with Gasteiger partial charge in [-0.15, -0.1) is 11.3 Å². The number of carbonyl (C=O) groups is 1. The normalized spacial score (nSPS) is 14.6. The van der Waals surface area contributed by atoms with Crippen LogP contribution in [0.5, 0.6) is 0 Å². The maximum Gasteiger partial charge on any atom is 0.123 e. The molecule has 1 N–H and O–H groups in total. The maximum atomic E-state index is 11.2. The smallest absolute Gasteiger partial charge is 0.123 e. The molecule has 1 aromatic rings. The number of carbonyl (C=O) groups excluding carboxylic acids is 1. The fourth-order valence-corrected chi connectivity index (χ4v) is 3.07. The lowest BCUT2D eigenvalue weighted by atomic mass is 9.91. The Bertz CT molecular complexity index is 584. The molecule has 23 heavy (non-hydrogen) atoms. The molecule has 5 heteroatoms. The highest BCUT2D eigenvalue weighted by molar-refractivity contribution is 7.09. The van der Waals surface area contributed by atoms with E-state index in [9.17, 15) is 4.79 Å². The molecule has 1 rings (SSSR count). The summed E-state index contributed by atoms with van der Waals surface area (Å²) in [5.41, 5.74) is 0.449. The Morgan fingerprint density at radius 3 is 2.91 bits per heavy atom. The summed E-state index contributed by atoms with van der Waals surface area (Å²) in [5, 5.41) is 18.0. The van der Waals surface area contributed by atoms with Crippen LogP contribution < -0.4 is 0 Å². The van der Waals surface area contributed by atoms with Crippen LogP contribution in [0.4, 0.5) is 0 Å². The van der Waals surface area contributed by atoms with Crippen LogP contribution in [0, 0.1) is 28.6 Å². The van der Waals surface area contributed by atoms with E-state index in [-0.39, 0.29) is 11.8 Å². The molecule has 0 radical (unpaired) electrons. The van der Waals surface area contributed by atoms with E-state index in [1.807, 2.05) is 25.1 Å². The van der Waals surface area contributed by atoms with Crippen LogP contribution in [-0.2, 0) is 11.3 Å². The van der Waals surface area contributed by atoms with Crippen molar-refractivity contribution in [2.45, 2.75) is 19.9 Å². The van der Waals surface area contributed by atoms with Gasteiger partial charge in [0.25, 0.3) is 0 Å². The molecule has 0 aliphatic rings. The number of nitrogens with one attached hydrogen (secondary N) is 1. The second kappa shape index (κ2) is 10.7. The zero-order valence-electron chi connectivity index (χ0n) is 13.6. The Morgan fingerprint density at radius 1 is 1.57 bits per heavy atom. The van der Waals surface area contributed by atoms with E-state index >= 15 is 0 Å². The van der Waals surface area contributed by atoms with Crippen molar-refractivity contribution < 1.29 is 4.79 Å². The lowest BCUT2D eigenvalue weighted by Gasteiger charge is -2.25.